The zero-order valence-corrected chi connectivity index (χ0v) is 11.4. The molecule has 1 aliphatic carbocycles. The van der Waals surface area contributed by atoms with Crippen molar-refractivity contribution in [3.63, 3.8) is 0 Å². The Kier molecular flexibility index (Phi) is 4.39. The van der Waals surface area contributed by atoms with Crippen LogP contribution in [0.1, 0.15) is 41.6 Å². The standard InChI is InChI=1S/C15H20N2O3/c16-15(8-1-2-9-15)14(20)17-10-7-11-3-5-12(6-4-11)13(18)19/h3-6H,1-2,7-10,16H2,(H,17,20)(H,18,19). The Morgan fingerprint density at radius 2 is 1.80 bits per heavy atom. The lowest BCUT2D eigenvalue weighted by Gasteiger charge is -2.22. The van der Waals surface area contributed by atoms with Crippen LogP contribution in [0.25, 0.3) is 0 Å². The number of nitrogens with one attached hydrogen (secondary N) is 1. The van der Waals surface area contributed by atoms with Gasteiger partial charge in [0.1, 0.15) is 0 Å². The fourth-order valence-corrected chi connectivity index (χ4v) is 2.54. The van der Waals surface area contributed by atoms with Gasteiger partial charge in [-0.05, 0) is 37.0 Å². The van der Waals surface area contributed by atoms with Crippen LogP contribution in [-0.2, 0) is 11.2 Å². The minimum absolute atomic E-state index is 0.0721. The molecule has 1 saturated carbocycles. The number of benzene rings is 1. The van der Waals surface area contributed by atoms with Gasteiger partial charge in [0.05, 0.1) is 11.1 Å². The van der Waals surface area contributed by atoms with Crippen LogP contribution in [0.2, 0.25) is 0 Å². The predicted molar refractivity (Wildman–Crippen MR) is 75.5 cm³/mol. The molecule has 0 aromatic heterocycles. The molecule has 0 bridgehead atoms. The van der Waals surface area contributed by atoms with Crippen molar-refractivity contribution in [3.8, 4) is 0 Å². The number of carbonyl (C=O) groups excluding carboxylic acids is 1. The van der Waals surface area contributed by atoms with Crippen LogP contribution >= 0.6 is 0 Å². The number of hydrogen-bond acceptors (Lipinski definition) is 3. The predicted octanol–water partition coefficient (Wildman–Crippen LogP) is 1.31. The van der Waals surface area contributed by atoms with E-state index in [9.17, 15) is 9.59 Å². The number of amides is 1. The van der Waals surface area contributed by atoms with Gasteiger partial charge in [0.2, 0.25) is 5.91 Å². The molecule has 1 amide bonds. The second kappa shape index (κ2) is 6.05. The van der Waals surface area contributed by atoms with Crippen molar-refractivity contribution < 1.29 is 14.7 Å². The summed E-state index contributed by atoms with van der Waals surface area (Å²) < 4.78 is 0. The fraction of sp³-hybridized carbons (Fsp3) is 0.467. The van der Waals surface area contributed by atoms with Crippen molar-refractivity contribution in [1.29, 1.82) is 0 Å². The zero-order chi connectivity index (χ0) is 14.6. The fourth-order valence-electron chi connectivity index (χ4n) is 2.54. The smallest absolute Gasteiger partial charge is 0.335 e. The monoisotopic (exact) mass is 276 g/mol. The van der Waals surface area contributed by atoms with Crippen LogP contribution in [0.15, 0.2) is 24.3 Å². The molecule has 0 saturated heterocycles. The highest BCUT2D eigenvalue weighted by atomic mass is 16.4. The Balaban J connectivity index is 1.81. The van der Waals surface area contributed by atoms with Crippen molar-refractivity contribution in [3.05, 3.63) is 35.4 Å². The first-order valence-corrected chi connectivity index (χ1v) is 6.91. The van der Waals surface area contributed by atoms with Gasteiger partial charge in [-0.2, -0.15) is 0 Å². The Morgan fingerprint density at radius 1 is 1.20 bits per heavy atom. The van der Waals surface area contributed by atoms with Crippen LogP contribution in [0.3, 0.4) is 0 Å². The van der Waals surface area contributed by atoms with Crippen LogP contribution in [-0.4, -0.2) is 29.1 Å². The van der Waals surface area contributed by atoms with Gasteiger partial charge in [0.25, 0.3) is 0 Å². The molecule has 0 aliphatic heterocycles. The Hall–Kier alpha value is -1.88. The summed E-state index contributed by atoms with van der Waals surface area (Å²) in [6.45, 7) is 0.518. The summed E-state index contributed by atoms with van der Waals surface area (Å²) in [5, 5.41) is 11.7. The summed E-state index contributed by atoms with van der Waals surface area (Å²) in [5.41, 5.74) is 6.63. The lowest BCUT2D eigenvalue weighted by molar-refractivity contribution is -0.126. The molecular formula is C15H20N2O3. The molecule has 5 heteroatoms. The summed E-state index contributed by atoms with van der Waals surface area (Å²) >= 11 is 0. The van der Waals surface area contributed by atoms with Crippen LogP contribution in [0.5, 0.6) is 0 Å². The SMILES string of the molecule is NC1(C(=O)NCCc2ccc(C(=O)O)cc2)CCCC1. The van der Waals surface area contributed by atoms with Crippen molar-refractivity contribution in [2.75, 3.05) is 6.54 Å². The molecule has 1 fully saturated rings. The highest BCUT2D eigenvalue weighted by Gasteiger charge is 2.36. The van der Waals surface area contributed by atoms with E-state index in [0.29, 0.717) is 13.0 Å². The topological polar surface area (TPSA) is 92.4 Å². The van der Waals surface area contributed by atoms with Gasteiger partial charge in [-0.15, -0.1) is 0 Å². The summed E-state index contributed by atoms with van der Waals surface area (Å²) in [7, 11) is 0. The summed E-state index contributed by atoms with van der Waals surface area (Å²) in [6.07, 6.45) is 4.21. The third kappa shape index (κ3) is 3.36. The Labute approximate surface area is 118 Å². The molecule has 0 atom stereocenters. The van der Waals surface area contributed by atoms with Crippen LogP contribution in [0.4, 0.5) is 0 Å². The molecule has 2 rings (SSSR count). The van der Waals surface area contributed by atoms with E-state index in [2.05, 4.69) is 5.32 Å². The minimum atomic E-state index is -0.934. The van der Waals surface area contributed by atoms with E-state index in [-0.39, 0.29) is 11.5 Å². The Bertz CT molecular complexity index is 490. The largest absolute Gasteiger partial charge is 0.478 e. The maximum Gasteiger partial charge on any atom is 0.335 e. The number of nitrogens with two attached hydrogens (primary N) is 1. The number of aromatic carboxylic acids is 1. The molecular weight excluding hydrogens is 256 g/mol. The van der Waals surface area contributed by atoms with Crippen molar-refractivity contribution >= 4 is 11.9 Å². The maximum absolute atomic E-state index is 12.0. The molecule has 0 radical (unpaired) electrons. The third-order valence-electron chi connectivity index (χ3n) is 3.85. The first-order chi connectivity index (χ1) is 9.51. The van der Waals surface area contributed by atoms with Gasteiger partial charge in [-0.3, -0.25) is 4.79 Å². The number of rotatable bonds is 5. The summed E-state index contributed by atoms with van der Waals surface area (Å²) in [5.74, 6) is -1.01. The third-order valence-corrected chi connectivity index (χ3v) is 3.85. The van der Waals surface area contributed by atoms with Crippen LogP contribution in [0, 0.1) is 0 Å². The number of hydrogen-bond donors (Lipinski definition) is 3. The van der Waals surface area contributed by atoms with Gasteiger partial charge >= 0.3 is 5.97 Å². The average molecular weight is 276 g/mol. The van der Waals surface area contributed by atoms with E-state index >= 15 is 0 Å². The number of carbonyl (C=O) groups is 2. The number of carboxylic acid groups (broad SMARTS) is 1. The normalized spacial score (nSPS) is 16.9. The van der Waals surface area contributed by atoms with Crippen molar-refractivity contribution in [2.24, 2.45) is 5.73 Å². The molecule has 0 unspecified atom stereocenters. The van der Waals surface area contributed by atoms with Gasteiger partial charge in [-0.1, -0.05) is 25.0 Å². The molecule has 5 nitrogen and oxygen atoms in total. The molecule has 1 aromatic carbocycles. The van der Waals surface area contributed by atoms with E-state index < -0.39 is 11.5 Å². The van der Waals surface area contributed by atoms with E-state index in [1.165, 1.54) is 0 Å². The van der Waals surface area contributed by atoms with Crippen molar-refractivity contribution in [2.45, 2.75) is 37.6 Å². The highest BCUT2D eigenvalue weighted by Crippen LogP contribution is 2.27. The molecule has 108 valence electrons. The van der Waals surface area contributed by atoms with Gasteiger partial charge < -0.3 is 16.2 Å². The highest BCUT2D eigenvalue weighted by molar-refractivity contribution is 5.87. The van der Waals surface area contributed by atoms with E-state index in [1.54, 1.807) is 24.3 Å². The lowest BCUT2D eigenvalue weighted by Crippen LogP contribution is -2.52. The maximum atomic E-state index is 12.0. The van der Waals surface area contributed by atoms with Gasteiger partial charge in [-0.25, -0.2) is 4.79 Å². The Morgan fingerprint density at radius 3 is 2.35 bits per heavy atom. The average Bonchev–Trinajstić information content (AvgIpc) is 2.87. The van der Waals surface area contributed by atoms with Crippen molar-refractivity contribution in [1.82, 2.24) is 5.32 Å². The molecule has 20 heavy (non-hydrogen) atoms. The molecule has 1 aliphatic rings. The second-order valence-corrected chi connectivity index (χ2v) is 5.37. The summed E-state index contributed by atoms with van der Waals surface area (Å²) in [6, 6.07) is 6.68. The molecule has 0 spiro atoms. The minimum Gasteiger partial charge on any atom is -0.478 e. The van der Waals surface area contributed by atoms with Crippen LogP contribution < -0.4 is 11.1 Å². The lowest BCUT2D eigenvalue weighted by atomic mass is 9.98. The van der Waals surface area contributed by atoms with Gasteiger partial charge in [0.15, 0.2) is 0 Å². The first-order valence-electron chi connectivity index (χ1n) is 6.91. The summed E-state index contributed by atoms with van der Waals surface area (Å²) in [4.78, 5) is 22.7. The van der Waals surface area contributed by atoms with Gasteiger partial charge in [0, 0.05) is 6.54 Å². The quantitative estimate of drug-likeness (QED) is 0.756. The molecule has 0 heterocycles. The zero-order valence-electron chi connectivity index (χ0n) is 11.4. The van der Waals surface area contributed by atoms with E-state index in [1.807, 2.05) is 0 Å². The molecule has 4 N–H and O–H groups in total. The van der Waals surface area contributed by atoms with E-state index in [0.717, 1.165) is 31.2 Å². The van der Waals surface area contributed by atoms with E-state index in [4.69, 9.17) is 10.8 Å². The molecule has 1 aromatic rings. The first kappa shape index (κ1) is 14.5. The number of carboxylic acids is 1. The second-order valence-electron chi connectivity index (χ2n) is 5.37.